The van der Waals surface area contributed by atoms with E-state index in [-0.39, 0.29) is 25.2 Å². The second kappa shape index (κ2) is 6.83. The summed E-state index contributed by atoms with van der Waals surface area (Å²) < 4.78 is 7.55. The van der Waals surface area contributed by atoms with E-state index in [1.165, 1.54) is 0 Å². The maximum Gasteiger partial charge on any atom is 0.261 e. The Bertz CT molecular complexity index is 683. The van der Waals surface area contributed by atoms with Gasteiger partial charge in [-0.2, -0.15) is 5.10 Å². The number of aryl methyl sites for hydroxylation is 2. The van der Waals surface area contributed by atoms with Crippen LogP contribution < -0.4 is 4.74 Å². The van der Waals surface area contributed by atoms with Crippen LogP contribution in [0.25, 0.3) is 0 Å². The number of nitrogens with zero attached hydrogens (tertiary/aromatic N) is 3. The zero-order chi connectivity index (χ0) is 16.2. The zero-order valence-corrected chi connectivity index (χ0v) is 13.2. The molecule has 0 bridgehead atoms. The normalized spacial score (nSPS) is 17.5. The van der Waals surface area contributed by atoms with Crippen molar-refractivity contribution in [2.45, 2.75) is 32.5 Å². The molecule has 6 heteroatoms. The van der Waals surface area contributed by atoms with Gasteiger partial charge in [0.1, 0.15) is 5.75 Å². The van der Waals surface area contributed by atoms with Crippen LogP contribution in [0.4, 0.5) is 0 Å². The molecule has 1 aliphatic heterocycles. The lowest BCUT2D eigenvalue weighted by Gasteiger charge is -2.28. The lowest BCUT2D eigenvalue weighted by molar-refractivity contribution is -0.137. The number of hydrogen-bond donors (Lipinski definition) is 1. The number of para-hydroxylation sites is 1. The molecule has 0 spiro atoms. The van der Waals surface area contributed by atoms with Crippen LogP contribution in [-0.2, 0) is 17.9 Å². The topological polar surface area (TPSA) is 67.6 Å². The second-order valence-electron chi connectivity index (χ2n) is 5.75. The molecule has 0 radical (unpaired) electrons. The first-order valence-electron chi connectivity index (χ1n) is 7.78. The predicted molar refractivity (Wildman–Crippen MR) is 84.9 cm³/mol. The van der Waals surface area contributed by atoms with Crippen LogP contribution in [0, 0.1) is 6.92 Å². The van der Waals surface area contributed by atoms with Gasteiger partial charge < -0.3 is 14.7 Å². The van der Waals surface area contributed by atoms with Crippen molar-refractivity contribution in [1.29, 1.82) is 0 Å². The number of aromatic nitrogens is 2. The molecule has 1 aromatic carbocycles. The van der Waals surface area contributed by atoms with Crippen molar-refractivity contribution in [2.75, 3.05) is 13.2 Å². The number of carbonyl (C=O) groups excluding carboxylic acids is 1. The number of hydrogen-bond acceptors (Lipinski definition) is 4. The standard InChI is InChI=1S/C17H21N3O3/c1-13-4-2-3-5-16(13)23-12-17(22)19-10-14-6-8-18-20(14)9-7-15(19)11-21/h2-6,8,15,21H,7,9-12H2,1H3. The fraction of sp³-hybridized carbons (Fsp3) is 0.412. The minimum atomic E-state index is -0.204. The van der Waals surface area contributed by atoms with Gasteiger partial charge in [0.25, 0.3) is 5.91 Å². The Kier molecular flexibility index (Phi) is 4.62. The Morgan fingerprint density at radius 3 is 3.00 bits per heavy atom. The molecule has 0 saturated carbocycles. The molecule has 1 N–H and O–H groups in total. The average molecular weight is 315 g/mol. The second-order valence-corrected chi connectivity index (χ2v) is 5.75. The van der Waals surface area contributed by atoms with Gasteiger partial charge in [-0.25, -0.2) is 0 Å². The minimum Gasteiger partial charge on any atom is -0.484 e. The van der Waals surface area contributed by atoms with E-state index < -0.39 is 0 Å². The molecule has 1 aromatic heterocycles. The van der Waals surface area contributed by atoms with Crippen LogP contribution in [0.1, 0.15) is 17.7 Å². The Hall–Kier alpha value is -2.34. The van der Waals surface area contributed by atoms with E-state index in [0.717, 1.165) is 11.3 Å². The van der Waals surface area contributed by atoms with E-state index in [9.17, 15) is 9.90 Å². The molecule has 2 heterocycles. The van der Waals surface area contributed by atoms with Gasteiger partial charge in [0.2, 0.25) is 0 Å². The number of carbonyl (C=O) groups is 1. The Balaban J connectivity index is 1.70. The Morgan fingerprint density at radius 1 is 1.39 bits per heavy atom. The lowest BCUT2D eigenvalue weighted by atomic mass is 10.2. The highest BCUT2D eigenvalue weighted by atomic mass is 16.5. The summed E-state index contributed by atoms with van der Waals surface area (Å²) in [6.07, 6.45) is 2.42. The third-order valence-electron chi connectivity index (χ3n) is 4.23. The predicted octanol–water partition coefficient (Wildman–Crippen LogP) is 1.36. The van der Waals surface area contributed by atoms with Crippen molar-refractivity contribution in [3.8, 4) is 5.75 Å². The fourth-order valence-corrected chi connectivity index (χ4v) is 2.85. The quantitative estimate of drug-likeness (QED) is 0.925. The van der Waals surface area contributed by atoms with E-state index in [1.54, 1.807) is 11.1 Å². The smallest absolute Gasteiger partial charge is 0.261 e. The first kappa shape index (κ1) is 15.6. The van der Waals surface area contributed by atoms with Crippen LogP contribution in [-0.4, -0.2) is 44.9 Å². The van der Waals surface area contributed by atoms with E-state index in [0.29, 0.717) is 25.3 Å². The van der Waals surface area contributed by atoms with Crippen molar-refractivity contribution < 1.29 is 14.6 Å². The van der Waals surface area contributed by atoms with E-state index in [4.69, 9.17) is 4.74 Å². The van der Waals surface area contributed by atoms with Crippen molar-refractivity contribution >= 4 is 5.91 Å². The van der Waals surface area contributed by atoms with Gasteiger partial charge in [-0.3, -0.25) is 9.48 Å². The maximum atomic E-state index is 12.6. The molecule has 2 aromatic rings. The van der Waals surface area contributed by atoms with Gasteiger partial charge in [0.05, 0.1) is 24.9 Å². The molecule has 0 fully saturated rings. The van der Waals surface area contributed by atoms with Crippen molar-refractivity contribution in [1.82, 2.24) is 14.7 Å². The first-order valence-corrected chi connectivity index (χ1v) is 7.78. The number of ether oxygens (including phenoxy) is 1. The number of aliphatic hydroxyl groups excluding tert-OH is 1. The van der Waals surface area contributed by atoms with E-state index >= 15 is 0 Å². The van der Waals surface area contributed by atoms with Crippen molar-refractivity contribution in [3.05, 3.63) is 47.8 Å². The largest absolute Gasteiger partial charge is 0.484 e. The molecule has 1 amide bonds. The monoisotopic (exact) mass is 315 g/mol. The maximum absolute atomic E-state index is 12.6. The lowest BCUT2D eigenvalue weighted by Crippen LogP contribution is -2.43. The van der Waals surface area contributed by atoms with Gasteiger partial charge in [0.15, 0.2) is 6.61 Å². The van der Waals surface area contributed by atoms with Gasteiger partial charge >= 0.3 is 0 Å². The highest BCUT2D eigenvalue weighted by molar-refractivity contribution is 5.78. The van der Waals surface area contributed by atoms with Crippen LogP contribution >= 0.6 is 0 Å². The summed E-state index contributed by atoms with van der Waals surface area (Å²) in [6, 6.07) is 9.31. The average Bonchev–Trinajstić information content (AvgIpc) is 2.93. The number of aliphatic hydroxyl groups is 1. The summed E-state index contributed by atoms with van der Waals surface area (Å²) in [5, 5.41) is 13.9. The third-order valence-corrected chi connectivity index (χ3v) is 4.23. The zero-order valence-electron chi connectivity index (χ0n) is 13.2. The fourth-order valence-electron chi connectivity index (χ4n) is 2.85. The van der Waals surface area contributed by atoms with Gasteiger partial charge in [-0.15, -0.1) is 0 Å². The molecule has 1 atom stereocenters. The molecule has 0 aliphatic carbocycles. The molecule has 1 aliphatic rings. The number of fused-ring (bicyclic) bond motifs is 1. The Morgan fingerprint density at radius 2 is 2.22 bits per heavy atom. The van der Waals surface area contributed by atoms with Gasteiger partial charge in [0, 0.05) is 12.7 Å². The Labute approximate surface area is 135 Å². The molecule has 3 rings (SSSR count). The van der Waals surface area contributed by atoms with E-state index in [1.807, 2.05) is 41.9 Å². The van der Waals surface area contributed by atoms with E-state index in [2.05, 4.69) is 5.10 Å². The molecular weight excluding hydrogens is 294 g/mol. The number of rotatable bonds is 4. The summed E-state index contributed by atoms with van der Waals surface area (Å²) >= 11 is 0. The summed E-state index contributed by atoms with van der Waals surface area (Å²) in [7, 11) is 0. The summed E-state index contributed by atoms with van der Waals surface area (Å²) in [6.45, 7) is 3.01. The molecule has 23 heavy (non-hydrogen) atoms. The highest BCUT2D eigenvalue weighted by Crippen LogP contribution is 2.19. The van der Waals surface area contributed by atoms with Crippen LogP contribution in [0.15, 0.2) is 36.5 Å². The minimum absolute atomic E-state index is 0.0323. The highest BCUT2D eigenvalue weighted by Gasteiger charge is 2.27. The van der Waals surface area contributed by atoms with Crippen LogP contribution in [0.5, 0.6) is 5.75 Å². The summed E-state index contributed by atoms with van der Waals surface area (Å²) in [5.41, 5.74) is 1.97. The third kappa shape index (κ3) is 3.37. The van der Waals surface area contributed by atoms with Crippen molar-refractivity contribution in [3.63, 3.8) is 0 Å². The first-order chi connectivity index (χ1) is 11.2. The van der Waals surface area contributed by atoms with Gasteiger partial charge in [-0.1, -0.05) is 18.2 Å². The molecule has 1 unspecified atom stereocenters. The summed E-state index contributed by atoms with van der Waals surface area (Å²) in [4.78, 5) is 14.3. The molecule has 6 nitrogen and oxygen atoms in total. The molecule has 0 saturated heterocycles. The number of benzene rings is 1. The van der Waals surface area contributed by atoms with Crippen LogP contribution in [0.2, 0.25) is 0 Å². The van der Waals surface area contributed by atoms with Gasteiger partial charge in [-0.05, 0) is 31.0 Å². The van der Waals surface area contributed by atoms with Crippen LogP contribution in [0.3, 0.4) is 0 Å². The SMILES string of the molecule is Cc1ccccc1OCC(=O)N1Cc2ccnn2CCC1CO. The molecule has 122 valence electrons. The van der Waals surface area contributed by atoms with Crippen molar-refractivity contribution in [2.24, 2.45) is 0 Å². The molecular formula is C17H21N3O3. The number of amides is 1. The summed E-state index contributed by atoms with van der Waals surface area (Å²) in [5.74, 6) is 0.586.